The Balaban J connectivity index is 1.75. The topological polar surface area (TPSA) is 33.4 Å². The predicted octanol–water partition coefficient (Wildman–Crippen LogP) is 3.75. The monoisotopic (exact) mass is 346 g/mol. The van der Waals surface area contributed by atoms with Crippen LogP contribution in [0, 0.1) is 5.92 Å². The molecular formula is C16H19BrN4. The Morgan fingerprint density at radius 1 is 1.33 bits per heavy atom. The fraction of sp³-hybridized carbons (Fsp3) is 0.375. The van der Waals surface area contributed by atoms with Gasteiger partial charge in [0.2, 0.25) is 0 Å². The van der Waals surface area contributed by atoms with Crippen molar-refractivity contribution in [1.29, 1.82) is 0 Å². The smallest absolute Gasteiger partial charge is 0.154 e. The molecule has 0 atom stereocenters. The van der Waals surface area contributed by atoms with Gasteiger partial charge in [0, 0.05) is 18.7 Å². The normalized spacial score (nSPS) is 15.0. The molecule has 0 N–H and O–H groups in total. The Hall–Kier alpha value is -1.62. The Morgan fingerprint density at radius 2 is 2.19 bits per heavy atom. The zero-order valence-corrected chi connectivity index (χ0v) is 13.9. The zero-order valence-electron chi connectivity index (χ0n) is 12.3. The molecule has 0 amide bonds. The number of nitrogens with zero attached hydrogens (tertiary/aromatic N) is 4. The third-order valence-electron chi connectivity index (χ3n) is 3.62. The molecule has 0 spiro atoms. The van der Waals surface area contributed by atoms with Crippen molar-refractivity contribution in [3.63, 3.8) is 0 Å². The van der Waals surface area contributed by atoms with E-state index >= 15 is 0 Å². The van der Waals surface area contributed by atoms with E-state index in [2.05, 4.69) is 63.1 Å². The van der Waals surface area contributed by atoms with Gasteiger partial charge in [0.1, 0.15) is 4.60 Å². The minimum atomic E-state index is 0.742. The molecule has 21 heavy (non-hydrogen) atoms. The van der Waals surface area contributed by atoms with Crippen molar-refractivity contribution < 1.29 is 0 Å². The summed E-state index contributed by atoms with van der Waals surface area (Å²) < 4.78 is 2.69. The van der Waals surface area contributed by atoms with Crippen molar-refractivity contribution in [3.8, 4) is 0 Å². The fourth-order valence-corrected chi connectivity index (χ4v) is 2.67. The van der Waals surface area contributed by atoms with Crippen molar-refractivity contribution in [2.45, 2.75) is 20.3 Å². The highest BCUT2D eigenvalue weighted by molar-refractivity contribution is 9.10. The van der Waals surface area contributed by atoms with Crippen molar-refractivity contribution in [3.05, 3.63) is 47.0 Å². The van der Waals surface area contributed by atoms with Crippen LogP contribution in [0.2, 0.25) is 0 Å². The number of allylic oxidation sites excluding steroid dienone is 2. The number of halogens is 1. The minimum absolute atomic E-state index is 0.742. The summed E-state index contributed by atoms with van der Waals surface area (Å²) in [7, 11) is 0. The second-order valence-corrected chi connectivity index (χ2v) is 6.53. The molecule has 0 bridgehead atoms. The van der Waals surface area contributed by atoms with E-state index in [1.807, 2.05) is 16.6 Å². The van der Waals surface area contributed by atoms with E-state index in [-0.39, 0.29) is 0 Å². The molecular weight excluding hydrogens is 328 g/mol. The molecule has 0 saturated heterocycles. The van der Waals surface area contributed by atoms with Crippen LogP contribution in [0.25, 0.3) is 11.2 Å². The Kier molecular flexibility index (Phi) is 4.10. The Bertz CT molecular complexity index is 699. The highest BCUT2D eigenvalue weighted by Crippen LogP contribution is 2.20. The summed E-state index contributed by atoms with van der Waals surface area (Å²) in [4.78, 5) is 6.61. The van der Waals surface area contributed by atoms with Gasteiger partial charge in [-0.1, -0.05) is 19.9 Å². The molecule has 110 valence electrons. The zero-order chi connectivity index (χ0) is 14.8. The van der Waals surface area contributed by atoms with E-state index in [0.717, 1.165) is 35.0 Å². The summed E-state index contributed by atoms with van der Waals surface area (Å²) in [6.45, 7) is 6.58. The molecule has 0 aromatic carbocycles. The van der Waals surface area contributed by atoms with Gasteiger partial charge in [0.15, 0.2) is 5.65 Å². The number of hydrogen-bond donors (Lipinski definition) is 0. The average molecular weight is 347 g/mol. The molecule has 0 unspecified atom stereocenters. The summed E-state index contributed by atoms with van der Waals surface area (Å²) in [5, 5.41) is 4.63. The molecule has 1 aliphatic rings. The highest BCUT2D eigenvalue weighted by Gasteiger charge is 2.10. The van der Waals surface area contributed by atoms with Crippen LogP contribution >= 0.6 is 15.9 Å². The molecule has 0 radical (unpaired) electrons. The molecule has 2 aromatic rings. The second-order valence-electron chi connectivity index (χ2n) is 5.72. The fourth-order valence-electron chi connectivity index (χ4n) is 2.31. The summed E-state index contributed by atoms with van der Waals surface area (Å²) >= 11 is 3.46. The SMILES string of the molecule is CC(C)CCN1C=CC(c2ccc3ncc(Br)n3n2)=CC1. The first-order valence-corrected chi connectivity index (χ1v) is 8.06. The number of fused-ring (bicyclic) bond motifs is 1. The lowest BCUT2D eigenvalue weighted by atomic mass is 10.1. The molecule has 3 rings (SSSR count). The summed E-state index contributed by atoms with van der Waals surface area (Å²) in [5.41, 5.74) is 2.99. The molecule has 5 heteroatoms. The van der Waals surface area contributed by atoms with E-state index in [0.29, 0.717) is 0 Å². The maximum atomic E-state index is 4.63. The number of aromatic nitrogens is 3. The van der Waals surface area contributed by atoms with Crippen molar-refractivity contribution in [2.75, 3.05) is 13.1 Å². The summed E-state index contributed by atoms with van der Waals surface area (Å²) in [6.07, 6.45) is 9.54. The summed E-state index contributed by atoms with van der Waals surface area (Å²) in [5.74, 6) is 0.742. The van der Waals surface area contributed by atoms with Gasteiger partial charge < -0.3 is 4.90 Å². The van der Waals surface area contributed by atoms with Crippen LogP contribution in [0.1, 0.15) is 26.0 Å². The number of rotatable bonds is 4. The van der Waals surface area contributed by atoms with Crippen LogP contribution in [-0.2, 0) is 0 Å². The van der Waals surface area contributed by atoms with Gasteiger partial charge in [0.05, 0.1) is 11.9 Å². The first-order chi connectivity index (χ1) is 10.1. The lowest BCUT2D eigenvalue weighted by molar-refractivity contribution is 0.373. The van der Waals surface area contributed by atoms with E-state index in [4.69, 9.17) is 0 Å². The number of hydrogen-bond acceptors (Lipinski definition) is 3. The van der Waals surface area contributed by atoms with E-state index in [9.17, 15) is 0 Å². The van der Waals surface area contributed by atoms with Gasteiger partial charge in [-0.3, -0.25) is 0 Å². The van der Waals surface area contributed by atoms with E-state index in [1.165, 1.54) is 12.0 Å². The van der Waals surface area contributed by atoms with Crippen LogP contribution in [0.3, 0.4) is 0 Å². The maximum absolute atomic E-state index is 4.63. The van der Waals surface area contributed by atoms with Crippen LogP contribution in [0.5, 0.6) is 0 Å². The first kappa shape index (κ1) is 14.3. The molecule has 2 aromatic heterocycles. The Morgan fingerprint density at radius 3 is 2.90 bits per heavy atom. The average Bonchev–Trinajstić information content (AvgIpc) is 2.87. The Labute approximate surface area is 133 Å². The molecule has 0 saturated carbocycles. The molecule has 4 nitrogen and oxygen atoms in total. The molecule has 1 aliphatic heterocycles. The second kappa shape index (κ2) is 6.02. The molecule has 3 heterocycles. The van der Waals surface area contributed by atoms with Gasteiger partial charge in [-0.25, -0.2) is 9.50 Å². The first-order valence-electron chi connectivity index (χ1n) is 7.26. The van der Waals surface area contributed by atoms with Crippen molar-refractivity contribution in [1.82, 2.24) is 19.5 Å². The van der Waals surface area contributed by atoms with Crippen molar-refractivity contribution >= 4 is 27.2 Å². The van der Waals surface area contributed by atoms with Gasteiger partial charge in [0.25, 0.3) is 0 Å². The third-order valence-corrected chi connectivity index (χ3v) is 4.16. The molecule has 0 fully saturated rings. The quantitative estimate of drug-likeness (QED) is 0.845. The van der Waals surface area contributed by atoms with E-state index in [1.54, 1.807) is 6.20 Å². The van der Waals surface area contributed by atoms with Crippen molar-refractivity contribution in [2.24, 2.45) is 5.92 Å². The van der Waals surface area contributed by atoms with Gasteiger partial charge >= 0.3 is 0 Å². The van der Waals surface area contributed by atoms with Gasteiger partial charge in [-0.15, -0.1) is 0 Å². The van der Waals surface area contributed by atoms with E-state index < -0.39 is 0 Å². The highest BCUT2D eigenvalue weighted by atomic mass is 79.9. The van der Waals surface area contributed by atoms with Crippen LogP contribution < -0.4 is 0 Å². The van der Waals surface area contributed by atoms with Crippen LogP contribution in [-0.4, -0.2) is 32.6 Å². The number of imidazole rings is 1. The maximum Gasteiger partial charge on any atom is 0.154 e. The lowest BCUT2D eigenvalue weighted by Crippen LogP contribution is -2.22. The van der Waals surface area contributed by atoms with Crippen LogP contribution in [0.4, 0.5) is 0 Å². The minimum Gasteiger partial charge on any atom is -0.374 e. The van der Waals surface area contributed by atoms with Crippen LogP contribution in [0.15, 0.2) is 41.3 Å². The largest absolute Gasteiger partial charge is 0.374 e. The third kappa shape index (κ3) is 3.18. The van der Waals surface area contributed by atoms with Gasteiger partial charge in [-0.2, -0.15) is 5.10 Å². The summed E-state index contributed by atoms with van der Waals surface area (Å²) in [6, 6.07) is 4.02. The predicted molar refractivity (Wildman–Crippen MR) is 88.8 cm³/mol. The van der Waals surface area contributed by atoms with Gasteiger partial charge in [-0.05, 0) is 52.7 Å². The lowest BCUT2D eigenvalue weighted by Gasteiger charge is -2.23. The standard InChI is InChI=1S/C16H19BrN4/c1-12(2)5-8-20-9-6-13(7-10-20)14-3-4-16-18-11-15(17)21(16)19-14/h3-4,6-7,9,11-12H,5,8,10H2,1-2H3. The molecule has 0 aliphatic carbocycles.